The normalized spacial score (nSPS) is 11.8. The number of amides is 1. The number of carbonyl (C=O) groups excluding carboxylic acids is 1. The van der Waals surface area contributed by atoms with E-state index in [4.69, 9.17) is 5.11 Å². The third kappa shape index (κ3) is 2.94. The van der Waals surface area contributed by atoms with Crippen LogP contribution < -0.4 is 5.32 Å². The van der Waals surface area contributed by atoms with Crippen molar-refractivity contribution >= 4 is 23.2 Å². The maximum atomic E-state index is 13.3. The number of halogens is 1. The van der Waals surface area contributed by atoms with Gasteiger partial charge in [0.15, 0.2) is 6.04 Å². The first kappa shape index (κ1) is 13.2. The summed E-state index contributed by atoms with van der Waals surface area (Å²) in [6.07, 6.45) is 1.21. The number of thiophene rings is 1. The maximum Gasteiger partial charge on any atom is 0.331 e. The van der Waals surface area contributed by atoms with Crippen LogP contribution in [0.5, 0.6) is 0 Å². The molecule has 1 atom stereocenters. The van der Waals surface area contributed by atoms with Crippen LogP contribution in [-0.4, -0.2) is 22.0 Å². The minimum atomic E-state index is -1.21. The zero-order valence-electron chi connectivity index (χ0n) is 9.54. The van der Waals surface area contributed by atoms with Gasteiger partial charge in [0.05, 0.1) is 5.56 Å². The number of hydrogen-bond acceptors (Lipinski definition) is 4. The van der Waals surface area contributed by atoms with Crippen LogP contribution in [0.15, 0.2) is 35.8 Å². The van der Waals surface area contributed by atoms with Gasteiger partial charge in [-0.1, -0.05) is 6.07 Å². The Balaban J connectivity index is 2.21. The van der Waals surface area contributed by atoms with Crippen molar-refractivity contribution in [2.75, 3.05) is 0 Å². The van der Waals surface area contributed by atoms with Crippen LogP contribution in [0, 0.1) is 5.95 Å². The second-order valence-electron chi connectivity index (χ2n) is 3.60. The van der Waals surface area contributed by atoms with Gasteiger partial charge in [0.25, 0.3) is 5.91 Å². The van der Waals surface area contributed by atoms with Crippen LogP contribution in [0.4, 0.5) is 4.39 Å². The number of carboxylic acids is 1. The van der Waals surface area contributed by atoms with Crippen molar-refractivity contribution in [2.24, 2.45) is 0 Å². The van der Waals surface area contributed by atoms with Crippen LogP contribution in [0.2, 0.25) is 0 Å². The summed E-state index contributed by atoms with van der Waals surface area (Å²) in [4.78, 5) is 26.8. The molecule has 7 heteroatoms. The van der Waals surface area contributed by atoms with Crippen molar-refractivity contribution in [2.45, 2.75) is 6.04 Å². The Morgan fingerprint density at radius 1 is 1.37 bits per heavy atom. The quantitative estimate of drug-likeness (QED) is 0.837. The highest BCUT2D eigenvalue weighted by molar-refractivity contribution is 7.10. The lowest BCUT2D eigenvalue weighted by atomic mass is 10.2. The fourth-order valence-corrected chi connectivity index (χ4v) is 2.24. The van der Waals surface area contributed by atoms with Crippen LogP contribution in [0.3, 0.4) is 0 Å². The Morgan fingerprint density at radius 2 is 2.16 bits per heavy atom. The number of aliphatic carboxylic acids is 1. The molecule has 0 radical (unpaired) electrons. The molecule has 5 nitrogen and oxygen atoms in total. The smallest absolute Gasteiger partial charge is 0.331 e. The molecular weight excluding hydrogens is 271 g/mol. The van der Waals surface area contributed by atoms with Crippen LogP contribution in [0.1, 0.15) is 21.3 Å². The fraction of sp³-hybridized carbons (Fsp3) is 0.0833. The summed E-state index contributed by atoms with van der Waals surface area (Å²) in [6.45, 7) is 0. The van der Waals surface area contributed by atoms with Gasteiger partial charge in [-0.25, -0.2) is 9.78 Å². The molecule has 2 rings (SSSR count). The molecule has 0 aliphatic carbocycles. The number of nitrogens with one attached hydrogen (secondary N) is 1. The lowest BCUT2D eigenvalue weighted by Gasteiger charge is -2.12. The van der Waals surface area contributed by atoms with Gasteiger partial charge < -0.3 is 10.4 Å². The number of hydrogen-bond donors (Lipinski definition) is 2. The summed E-state index contributed by atoms with van der Waals surface area (Å²) in [5.74, 6) is -2.96. The van der Waals surface area contributed by atoms with Gasteiger partial charge in [-0.2, -0.15) is 4.39 Å². The van der Waals surface area contributed by atoms with E-state index in [1.807, 2.05) is 0 Å². The Morgan fingerprint density at radius 3 is 2.74 bits per heavy atom. The molecule has 0 aliphatic heterocycles. The Labute approximate surface area is 111 Å². The number of carbonyl (C=O) groups is 2. The minimum absolute atomic E-state index is 0.287. The molecule has 0 fully saturated rings. The molecule has 2 aromatic heterocycles. The van der Waals surface area contributed by atoms with E-state index in [-0.39, 0.29) is 5.56 Å². The van der Waals surface area contributed by atoms with Crippen molar-refractivity contribution in [1.29, 1.82) is 0 Å². The van der Waals surface area contributed by atoms with E-state index in [0.717, 1.165) is 0 Å². The van der Waals surface area contributed by atoms with E-state index in [2.05, 4.69) is 10.3 Å². The summed E-state index contributed by atoms with van der Waals surface area (Å²) in [6, 6.07) is 4.70. The van der Waals surface area contributed by atoms with E-state index >= 15 is 0 Å². The molecule has 0 bridgehead atoms. The molecule has 2 heterocycles. The molecule has 2 N–H and O–H groups in total. The van der Waals surface area contributed by atoms with Crippen molar-refractivity contribution in [3.8, 4) is 0 Å². The zero-order valence-corrected chi connectivity index (χ0v) is 10.4. The first-order valence-electron chi connectivity index (χ1n) is 5.27. The first-order valence-corrected chi connectivity index (χ1v) is 6.15. The molecule has 0 spiro atoms. The van der Waals surface area contributed by atoms with E-state index < -0.39 is 23.9 Å². The van der Waals surface area contributed by atoms with Crippen molar-refractivity contribution in [1.82, 2.24) is 10.3 Å². The third-order valence-corrected chi connectivity index (χ3v) is 3.29. The minimum Gasteiger partial charge on any atom is -0.479 e. The highest BCUT2D eigenvalue weighted by atomic mass is 32.1. The molecular formula is C12H9FN2O3S. The number of carboxylic acid groups (broad SMARTS) is 1. The highest BCUT2D eigenvalue weighted by Gasteiger charge is 2.24. The lowest BCUT2D eigenvalue weighted by Crippen LogP contribution is -2.33. The standard InChI is InChI=1S/C12H9FN2O3S/c13-10-7(3-1-5-14-10)11(16)15-9(12(17)18)8-4-2-6-19-8/h1-6,9H,(H,15,16)(H,17,18). The van der Waals surface area contributed by atoms with Gasteiger partial charge in [-0.15, -0.1) is 11.3 Å². The lowest BCUT2D eigenvalue weighted by molar-refractivity contribution is -0.139. The Kier molecular flexibility index (Phi) is 3.86. The predicted octanol–water partition coefficient (Wildman–Crippen LogP) is 1.84. The molecule has 2 aromatic rings. The maximum absolute atomic E-state index is 13.3. The van der Waals surface area contributed by atoms with Gasteiger partial charge in [0, 0.05) is 11.1 Å². The average molecular weight is 280 g/mol. The zero-order chi connectivity index (χ0) is 13.8. The van der Waals surface area contributed by atoms with Crippen LogP contribution >= 0.6 is 11.3 Å². The van der Waals surface area contributed by atoms with E-state index in [1.165, 1.54) is 29.7 Å². The van der Waals surface area contributed by atoms with E-state index in [0.29, 0.717) is 4.88 Å². The third-order valence-electron chi connectivity index (χ3n) is 2.35. The summed E-state index contributed by atoms with van der Waals surface area (Å²) in [5, 5.41) is 13.1. The van der Waals surface area contributed by atoms with E-state index in [1.54, 1.807) is 17.5 Å². The number of aromatic nitrogens is 1. The van der Waals surface area contributed by atoms with Gasteiger partial charge >= 0.3 is 5.97 Å². The summed E-state index contributed by atoms with van der Waals surface area (Å²) >= 11 is 1.20. The topological polar surface area (TPSA) is 79.3 Å². The Bertz CT molecular complexity index is 601. The van der Waals surface area contributed by atoms with Crippen LogP contribution in [-0.2, 0) is 4.79 Å². The van der Waals surface area contributed by atoms with Crippen molar-refractivity contribution < 1.29 is 19.1 Å². The molecule has 0 saturated carbocycles. The molecule has 19 heavy (non-hydrogen) atoms. The monoisotopic (exact) mass is 280 g/mol. The summed E-state index contributed by atoms with van der Waals surface area (Å²) < 4.78 is 13.3. The summed E-state index contributed by atoms with van der Waals surface area (Å²) in [5.41, 5.74) is -0.287. The largest absolute Gasteiger partial charge is 0.479 e. The van der Waals surface area contributed by atoms with Gasteiger partial charge in [0.1, 0.15) is 0 Å². The number of nitrogens with zero attached hydrogens (tertiary/aromatic N) is 1. The molecule has 1 unspecified atom stereocenters. The average Bonchev–Trinajstić information content (AvgIpc) is 2.89. The van der Waals surface area contributed by atoms with Crippen molar-refractivity contribution in [3.05, 3.63) is 52.2 Å². The second kappa shape index (κ2) is 5.57. The molecule has 0 aliphatic rings. The summed E-state index contributed by atoms with van der Waals surface area (Å²) in [7, 11) is 0. The molecule has 1 amide bonds. The molecule has 98 valence electrons. The predicted molar refractivity (Wildman–Crippen MR) is 66.4 cm³/mol. The van der Waals surface area contributed by atoms with Gasteiger partial charge in [-0.05, 0) is 23.6 Å². The van der Waals surface area contributed by atoms with Crippen molar-refractivity contribution in [3.63, 3.8) is 0 Å². The highest BCUT2D eigenvalue weighted by Crippen LogP contribution is 2.19. The van der Waals surface area contributed by atoms with E-state index in [9.17, 15) is 14.0 Å². The fourth-order valence-electron chi connectivity index (χ4n) is 1.47. The van der Waals surface area contributed by atoms with Crippen LogP contribution in [0.25, 0.3) is 0 Å². The van der Waals surface area contributed by atoms with Gasteiger partial charge in [0.2, 0.25) is 5.95 Å². The Hall–Kier alpha value is -2.28. The number of pyridine rings is 1. The molecule has 0 saturated heterocycles. The SMILES string of the molecule is O=C(NC(C(=O)O)c1cccs1)c1cccnc1F. The number of rotatable bonds is 4. The first-order chi connectivity index (χ1) is 9.09. The molecule has 0 aromatic carbocycles. The van der Waals surface area contributed by atoms with Gasteiger partial charge in [-0.3, -0.25) is 4.79 Å². The second-order valence-corrected chi connectivity index (χ2v) is 4.58.